The van der Waals surface area contributed by atoms with Crippen LogP contribution in [0.3, 0.4) is 0 Å². The first-order chi connectivity index (χ1) is 13.2. The molecule has 5 heteroatoms. The molecule has 28 heavy (non-hydrogen) atoms. The summed E-state index contributed by atoms with van der Waals surface area (Å²) in [4.78, 5) is 27.2. The van der Waals surface area contributed by atoms with Gasteiger partial charge in [0, 0.05) is 23.4 Å². The number of nitrogens with zero attached hydrogens (tertiary/aromatic N) is 1. The molecule has 0 aromatic heterocycles. The first kappa shape index (κ1) is 21.6. The first-order valence-corrected chi connectivity index (χ1v) is 9.62. The van der Waals surface area contributed by atoms with Gasteiger partial charge in [0.05, 0.1) is 0 Å². The molecule has 0 aliphatic heterocycles. The predicted octanol–water partition coefficient (Wildman–Crippen LogP) is 3.92. The van der Waals surface area contributed by atoms with Crippen LogP contribution in [0.1, 0.15) is 53.5 Å². The van der Waals surface area contributed by atoms with Crippen LogP contribution < -0.4 is 10.6 Å². The molecule has 0 heterocycles. The fraction of sp³-hybridized carbons (Fsp3) is 0.391. The maximum absolute atomic E-state index is 12.8. The quantitative estimate of drug-likeness (QED) is 0.715. The summed E-state index contributed by atoms with van der Waals surface area (Å²) < 4.78 is 0. The van der Waals surface area contributed by atoms with E-state index in [-0.39, 0.29) is 17.2 Å². The predicted molar refractivity (Wildman–Crippen MR) is 115 cm³/mol. The van der Waals surface area contributed by atoms with Crippen molar-refractivity contribution in [3.05, 3.63) is 65.2 Å². The molecule has 2 N–H and O–H groups in total. The highest BCUT2D eigenvalue weighted by Gasteiger charge is 2.19. The van der Waals surface area contributed by atoms with Gasteiger partial charge in [-0.05, 0) is 62.3 Å². The van der Waals surface area contributed by atoms with E-state index < -0.39 is 0 Å². The maximum Gasteiger partial charge on any atom is 0.255 e. The Morgan fingerprint density at radius 2 is 1.57 bits per heavy atom. The van der Waals surface area contributed by atoms with E-state index in [1.54, 1.807) is 24.3 Å². The van der Waals surface area contributed by atoms with E-state index in [9.17, 15) is 9.59 Å². The van der Waals surface area contributed by atoms with Gasteiger partial charge in [0.1, 0.15) is 0 Å². The Morgan fingerprint density at radius 1 is 0.929 bits per heavy atom. The van der Waals surface area contributed by atoms with E-state index >= 15 is 0 Å². The number of carbonyl (C=O) groups is 2. The summed E-state index contributed by atoms with van der Waals surface area (Å²) in [5.41, 5.74) is 2.72. The summed E-state index contributed by atoms with van der Waals surface area (Å²) in [6, 6.07) is 14.6. The van der Waals surface area contributed by atoms with E-state index in [4.69, 9.17) is 0 Å². The first-order valence-electron chi connectivity index (χ1n) is 9.62. The summed E-state index contributed by atoms with van der Waals surface area (Å²) in [5, 5.41) is 5.89. The molecule has 0 spiro atoms. The number of carbonyl (C=O) groups excluding carboxylic acids is 2. The number of amides is 2. The molecule has 0 atom stereocenters. The smallest absolute Gasteiger partial charge is 0.255 e. The zero-order valence-electron chi connectivity index (χ0n) is 17.5. The van der Waals surface area contributed by atoms with Gasteiger partial charge in [0.15, 0.2) is 0 Å². The van der Waals surface area contributed by atoms with Crippen LogP contribution in [0.25, 0.3) is 0 Å². The van der Waals surface area contributed by atoms with Gasteiger partial charge in [-0.3, -0.25) is 9.59 Å². The van der Waals surface area contributed by atoms with Crippen molar-refractivity contribution in [1.82, 2.24) is 10.2 Å². The second-order valence-electron chi connectivity index (χ2n) is 8.24. The lowest BCUT2D eigenvalue weighted by Gasteiger charge is -2.23. The number of hydrogen-bond donors (Lipinski definition) is 2. The van der Waals surface area contributed by atoms with Gasteiger partial charge in [-0.25, -0.2) is 0 Å². The maximum atomic E-state index is 12.8. The molecule has 2 amide bonds. The van der Waals surface area contributed by atoms with Crippen LogP contribution in [0, 0.1) is 0 Å². The lowest BCUT2D eigenvalue weighted by Crippen LogP contribution is -2.27. The van der Waals surface area contributed by atoms with Crippen molar-refractivity contribution >= 4 is 17.5 Å². The summed E-state index contributed by atoms with van der Waals surface area (Å²) in [7, 11) is 4.00. The Hall–Kier alpha value is -2.66. The van der Waals surface area contributed by atoms with Crippen molar-refractivity contribution < 1.29 is 9.59 Å². The van der Waals surface area contributed by atoms with E-state index in [1.165, 1.54) is 0 Å². The van der Waals surface area contributed by atoms with Gasteiger partial charge in [0.25, 0.3) is 11.8 Å². The summed E-state index contributed by atoms with van der Waals surface area (Å²) in [6.45, 7) is 7.85. The Labute approximate surface area is 168 Å². The third-order valence-electron chi connectivity index (χ3n) is 4.44. The Bertz CT molecular complexity index is 823. The van der Waals surface area contributed by atoms with Gasteiger partial charge >= 0.3 is 0 Å². The molecule has 0 radical (unpaired) electrons. The fourth-order valence-electron chi connectivity index (χ4n) is 2.94. The van der Waals surface area contributed by atoms with E-state index in [0.29, 0.717) is 17.7 Å². The molecule has 0 saturated carbocycles. The molecule has 2 rings (SSSR count). The molecule has 0 aliphatic rings. The fourth-order valence-corrected chi connectivity index (χ4v) is 2.94. The van der Waals surface area contributed by atoms with Crippen LogP contribution in [0.5, 0.6) is 0 Å². The molecule has 2 aromatic rings. The Balaban J connectivity index is 2.08. The van der Waals surface area contributed by atoms with Gasteiger partial charge in [-0.2, -0.15) is 0 Å². The number of nitrogens with one attached hydrogen (secondary N) is 2. The molecular weight excluding hydrogens is 350 g/mol. The average Bonchev–Trinajstić information content (AvgIpc) is 2.64. The normalized spacial score (nSPS) is 11.4. The molecule has 0 aliphatic carbocycles. The third-order valence-corrected chi connectivity index (χ3v) is 4.44. The van der Waals surface area contributed by atoms with Crippen LogP contribution in [-0.4, -0.2) is 43.9 Å². The highest BCUT2D eigenvalue weighted by molar-refractivity contribution is 6.06. The number of hydrogen-bond acceptors (Lipinski definition) is 3. The summed E-state index contributed by atoms with van der Waals surface area (Å²) in [6.07, 6.45) is 0.877. The van der Waals surface area contributed by atoms with E-state index in [1.807, 2.05) is 38.4 Å². The highest BCUT2D eigenvalue weighted by Crippen LogP contribution is 2.29. The lowest BCUT2D eigenvalue weighted by molar-refractivity contribution is 0.0952. The van der Waals surface area contributed by atoms with Gasteiger partial charge in [-0.1, -0.05) is 45.0 Å². The molecule has 5 nitrogen and oxygen atoms in total. The van der Waals surface area contributed by atoms with Gasteiger partial charge in [-0.15, -0.1) is 0 Å². The van der Waals surface area contributed by atoms with Crippen molar-refractivity contribution in [2.45, 2.75) is 32.6 Å². The monoisotopic (exact) mass is 381 g/mol. The van der Waals surface area contributed by atoms with Crippen molar-refractivity contribution in [2.75, 3.05) is 32.5 Å². The SMILES string of the molecule is CN(C)CCCNC(=O)c1cccc(C(=O)Nc2ccccc2C(C)(C)C)c1. The molecule has 2 aromatic carbocycles. The minimum absolute atomic E-state index is 0.0852. The third kappa shape index (κ3) is 6.20. The van der Waals surface area contributed by atoms with Crippen LogP contribution in [-0.2, 0) is 5.41 Å². The zero-order chi connectivity index (χ0) is 20.7. The van der Waals surface area contributed by atoms with E-state index in [0.717, 1.165) is 24.2 Å². The summed E-state index contributed by atoms with van der Waals surface area (Å²) >= 11 is 0. The number of rotatable bonds is 7. The topological polar surface area (TPSA) is 61.4 Å². The standard InChI is InChI=1S/C23H31N3O2/c1-23(2,3)19-12-6-7-13-20(19)25-22(28)18-11-8-10-17(16-18)21(27)24-14-9-15-26(4)5/h6-8,10-13,16H,9,14-15H2,1-5H3,(H,24,27)(H,25,28). The number of anilines is 1. The molecule has 0 bridgehead atoms. The highest BCUT2D eigenvalue weighted by atomic mass is 16.2. The Morgan fingerprint density at radius 3 is 2.21 bits per heavy atom. The molecule has 150 valence electrons. The lowest BCUT2D eigenvalue weighted by atomic mass is 9.86. The van der Waals surface area contributed by atoms with Gasteiger partial charge < -0.3 is 15.5 Å². The Kier molecular flexibility index (Phi) is 7.35. The van der Waals surface area contributed by atoms with E-state index in [2.05, 4.69) is 36.3 Å². The van der Waals surface area contributed by atoms with Gasteiger partial charge in [0.2, 0.25) is 0 Å². The number of para-hydroxylation sites is 1. The van der Waals surface area contributed by atoms with Crippen molar-refractivity contribution in [3.63, 3.8) is 0 Å². The second-order valence-corrected chi connectivity index (χ2v) is 8.24. The zero-order valence-corrected chi connectivity index (χ0v) is 17.5. The average molecular weight is 382 g/mol. The second kappa shape index (κ2) is 9.51. The number of benzene rings is 2. The minimum atomic E-state index is -0.223. The molecular formula is C23H31N3O2. The summed E-state index contributed by atoms with van der Waals surface area (Å²) in [5.74, 6) is -0.387. The largest absolute Gasteiger partial charge is 0.352 e. The van der Waals surface area contributed by atoms with Crippen LogP contribution in [0.4, 0.5) is 5.69 Å². The van der Waals surface area contributed by atoms with Crippen molar-refractivity contribution in [3.8, 4) is 0 Å². The minimum Gasteiger partial charge on any atom is -0.352 e. The molecule has 0 fully saturated rings. The van der Waals surface area contributed by atoms with Crippen molar-refractivity contribution in [2.24, 2.45) is 0 Å². The molecule has 0 unspecified atom stereocenters. The van der Waals surface area contributed by atoms with Crippen LogP contribution in [0.2, 0.25) is 0 Å². The van der Waals surface area contributed by atoms with Crippen LogP contribution in [0.15, 0.2) is 48.5 Å². The van der Waals surface area contributed by atoms with Crippen molar-refractivity contribution in [1.29, 1.82) is 0 Å². The molecule has 0 saturated heterocycles. The van der Waals surface area contributed by atoms with Crippen LogP contribution >= 0.6 is 0 Å².